The molecule has 4 heterocycles. The van der Waals surface area contributed by atoms with E-state index in [2.05, 4.69) is 26.0 Å². The highest BCUT2D eigenvalue weighted by Crippen LogP contribution is 2.39. The zero-order valence-corrected chi connectivity index (χ0v) is 22.2. The smallest absolute Gasteiger partial charge is 0.172 e. The number of aromatic nitrogens is 4. The molecule has 1 aliphatic heterocycles. The average Bonchev–Trinajstić information content (AvgIpc) is 3.30. The normalized spacial score (nSPS) is 22.5. The minimum absolute atomic E-state index is 0.0793. The molecule has 5 rings (SSSR count). The summed E-state index contributed by atoms with van der Waals surface area (Å²) in [6, 6.07) is 8.48. The summed E-state index contributed by atoms with van der Waals surface area (Å²) < 4.78 is 7.02. The van der Waals surface area contributed by atoms with Crippen molar-refractivity contribution in [3.63, 3.8) is 0 Å². The van der Waals surface area contributed by atoms with Crippen LogP contribution in [0.1, 0.15) is 53.0 Å². The molecule has 8 nitrogen and oxygen atoms in total. The molecule has 10 heteroatoms. The number of hydrogen-bond donors (Lipinski definition) is 0. The van der Waals surface area contributed by atoms with Gasteiger partial charge in [0, 0.05) is 37.9 Å². The maximum atomic E-state index is 13.1. The Bertz CT molecular complexity index is 1320. The molecule has 2 aliphatic rings. The van der Waals surface area contributed by atoms with Crippen molar-refractivity contribution in [3.05, 3.63) is 69.3 Å². The quantitative estimate of drug-likeness (QED) is 0.418. The summed E-state index contributed by atoms with van der Waals surface area (Å²) in [5, 5.41) is 15.2. The molecule has 0 spiro atoms. The predicted octanol–water partition coefficient (Wildman–Crippen LogP) is 4.74. The molecular formula is C27H28Cl2N6O2. The molecule has 0 N–H and O–H groups in total. The molecule has 0 amide bonds. The second-order valence-corrected chi connectivity index (χ2v) is 10.6. The third kappa shape index (κ3) is 5.27. The standard InChI is InChI=1S/C27H28Cl2N6O2/c1-18-22(16-33-35(18)26-23(29)13-20(28)15-32-26)24(36)12-19-2-3-25(31-14-19)27(17-30)6-4-21(5-7-27)34-8-10-37-11-9-34/h2-3,13-16,21H,4-12H2,1H3. The Labute approximate surface area is 226 Å². The number of rotatable bonds is 6. The van der Waals surface area contributed by atoms with E-state index >= 15 is 0 Å². The van der Waals surface area contributed by atoms with Crippen molar-refractivity contribution in [2.75, 3.05) is 26.3 Å². The first-order chi connectivity index (χ1) is 17.9. The van der Waals surface area contributed by atoms with Crippen molar-refractivity contribution in [2.24, 2.45) is 0 Å². The molecule has 0 radical (unpaired) electrons. The van der Waals surface area contributed by atoms with E-state index in [0.29, 0.717) is 33.2 Å². The molecule has 0 aromatic carbocycles. The van der Waals surface area contributed by atoms with Gasteiger partial charge in [-0.1, -0.05) is 29.3 Å². The van der Waals surface area contributed by atoms with Gasteiger partial charge in [0.25, 0.3) is 0 Å². The lowest BCUT2D eigenvalue weighted by Gasteiger charge is -2.41. The molecule has 0 bridgehead atoms. The molecular weight excluding hydrogens is 511 g/mol. The third-order valence-electron chi connectivity index (χ3n) is 7.56. The Morgan fingerprint density at radius 1 is 1.16 bits per heavy atom. The molecule has 37 heavy (non-hydrogen) atoms. The van der Waals surface area contributed by atoms with Gasteiger partial charge in [-0.2, -0.15) is 10.4 Å². The molecule has 2 fully saturated rings. The van der Waals surface area contributed by atoms with Gasteiger partial charge in [0.1, 0.15) is 0 Å². The number of halogens is 2. The van der Waals surface area contributed by atoms with Crippen LogP contribution in [0.2, 0.25) is 10.0 Å². The maximum absolute atomic E-state index is 13.1. The number of carbonyl (C=O) groups is 1. The van der Waals surface area contributed by atoms with Crippen LogP contribution in [0, 0.1) is 18.3 Å². The maximum Gasteiger partial charge on any atom is 0.172 e. The molecule has 0 atom stereocenters. The third-order valence-corrected chi connectivity index (χ3v) is 8.05. The molecule has 0 unspecified atom stereocenters. The minimum atomic E-state index is -0.575. The fourth-order valence-corrected chi connectivity index (χ4v) is 5.84. The molecule has 1 saturated heterocycles. The van der Waals surface area contributed by atoms with Gasteiger partial charge in [-0.15, -0.1) is 0 Å². The highest BCUT2D eigenvalue weighted by Gasteiger charge is 2.40. The fourth-order valence-electron chi connectivity index (χ4n) is 5.38. The van der Waals surface area contributed by atoms with Crippen molar-refractivity contribution >= 4 is 29.0 Å². The van der Waals surface area contributed by atoms with Gasteiger partial charge in [0.2, 0.25) is 0 Å². The topological polar surface area (TPSA) is 96.9 Å². The Balaban J connectivity index is 1.26. The number of ether oxygens (including phenoxy) is 1. The van der Waals surface area contributed by atoms with E-state index in [4.69, 9.17) is 27.9 Å². The van der Waals surface area contributed by atoms with Gasteiger partial charge in [0.05, 0.1) is 57.9 Å². The lowest BCUT2D eigenvalue weighted by Crippen LogP contribution is -2.47. The Morgan fingerprint density at radius 3 is 2.57 bits per heavy atom. The van der Waals surface area contributed by atoms with Crippen molar-refractivity contribution in [1.29, 1.82) is 5.26 Å². The molecule has 3 aromatic rings. The van der Waals surface area contributed by atoms with Crippen LogP contribution >= 0.6 is 23.2 Å². The lowest BCUT2D eigenvalue weighted by molar-refractivity contribution is 0.00493. The van der Waals surface area contributed by atoms with Gasteiger partial charge < -0.3 is 4.74 Å². The zero-order valence-electron chi connectivity index (χ0n) is 20.7. The number of hydrogen-bond acceptors (Lipinski definition) is 7. The monoisotopic (exact) mass is 538 g/mol. The number of nitriles is 1. The van der Waals surface area contributed by atoms with Gasteiger partial charge >= 0.3 is 0 Å². The summed E-state index contributed by atoms with van der Waals surface area (Å²) >= 11 is 12.2. The van der Waals surface area contributed by atoms with Gasteiger partial charge in [0.15, 0.2) is 11.6 Å². The Kier molecular flexibility index (Phi) is 7.59. The first-order valence-corrected chi connectivity index (χ1v) is 13.2. The number of ketones is 1. The van der Waals surface area contributed by atoms with E-state index in [1.165, 1.54) is 17.1 Å². The van der Waals surface area contributed by atoms with E-state index in [-0.39, 0.29) is 12.2 Å². The summed E-state index contributed by atoms with van der Waals surface area (Å²) in [5.74, 6) is 0.336. The molecule has 1 aliphatic carbocycles. The number of morpholine rings is 1. The largest absolute Gasteiger partial charge is 0.379 e. The van der Waals surface area contributed by atoms with E-state index in [1.54, 1.807) is 19.2 Å². The van der Waals surface area contributed by atoms with Crippen LogP contribution < -0.4 is 0 Å². The lowest BCUT2D eigenvalue weighted by atomic mass is 9.71. The first kappa shape index (κ1) is 25.8. The van der Waals surface area contributed by atoms with E-state index < -0.39 is 5.41 Å². The summed E-state index contributed by atoms with van der Waals surface area (Å²) in [7, 11) is 0. The highest BCUT2D eigenvalue weighted by atomic mass is 35.5. The van der Waals surface area contributed by atoms with Crippen molar-refractivity contribution in [2.45, 2.75) is 50.5 Å². The number of carbonyl (C=O) groups excluding carboxylic acids is 1. The first-order valence-electron chi connectivity index (χ1n) is 12.5. The van der Waals surface area contributed by atoms with Crippen LogP contribution in [-0.4, -0.2) is 62.8 Å². The van der Waals surface area contributed by atoms with E-state index in [1.807, 2.05) is 12.1 Å². The highest BCUT2D eigenvalue weighted by molar-refractivity contribution is 6.35. The predicted molar refractivity (Wildman–Crippen MR) is 140 cm³/mol. The minimum Gasteiger partial charge on any atom is -0.379 e. The summed E-state index contributed by atoms with van der Waals surface area (Å²) in [6.45, 7) is 5.30. The van der Waals surface area contributed by atoms with Crippen LogP contribution in [0.15, 0.2) is 36.8 Å². The number of Topliss-reactive ketones (excluding diaryl/α,β-unsaturated/α-hetero) is 1. The van der Waals surface area contributed by atoms with Crippen molar-refractivity contribution in [1.82, 2.24) is 24.6 Å². The van der Waals surface area contributed by atoms with Gasteiger partial charge in [-0.3, -0.25) is 14.7 Å². The molecule has 192 valence electrons. The van der Waals surface area contributed by atoms with Crippen molar-refractivity contribution < 1.29 is 9.53 Å². The second-order valence-electron chi connectivity index (χ2n) is 9.74. The Morgan fingerprint density at radius 2 is 1.92 bits per heavy atom. The summed E-state index contributed by atoms with van der Waals surface area (Å²) in [5.41, 5.74) is 2.14. The SMILES string of the molecule is Cc1c(C(=O)Cc2ccc(C3(C#N)CCC(N4CCOCC4)CC3)nc2)cnn1-c1ncc(Cl)cc1Cl. The second kappa shape index (κ2) is 10.9. The number of nitrogens with zero attached hydrogens (tertiary/aromatic N) is 6. The fraction of sp³-hybridized carbons (Fsp3) is 0.444. The average molecular weight is 539 g/mol. The van der Waals surface area contributed by atoms with Crippen LogP contribution in [0.3, 0.4) is 0 Å². The van der Waals surface area contributed by atoms with Crippen LogP contribution in [0.25, 0.3) is 5.82 Å². The van der Waals surface area contributed by atoms with E-state index in [0.717, 1.165) is 63.2 Å². The van der Waals surface area contributed by atoms with Crippen LogP contribution in [0.5, 0.6) is 0 Å². The van der Waals surface area contributed by atoms with Crippen molar-refractivity contribution in [3.8, 4) is 11.9 Å². The zero-order chi connectivity index (χ0) is 26.0. The molecule has 1 saturated carbocycles. The van der Waals surface area contributed by atoms with Gasteiger partial charge in [-0.05, 0) is 50.3 Å². The Hall–Kier alpha value is -2.83. The van der Waals surface area contributed by atoms with Crippen LogP contribution in [-0.2, 0) is 16.6 Å². The molecule has 3 aromatic heterocycles. The van der Waals surface area contributed by atoms with Crippen LogP contribution in [0.4, 0.5) is 0 Å². The van der Waals surface area contributed by atoms with Gasteiger partial charge in [-0.25, -0.2) is 9.67 Å². The number of pyridine rings is 2. The van der Waals surface area contributed by atoms with E-state index in [9.17, 15) is 10.1 Å². The summed E-state index contributed by atoms with van der Waals surface area (Å²) in [6.07, 6.45) is 8.45. The summed E-state index contributed by atoms with van der Waals surface area (Å²) in [4.78, 5) is 24.5.